The van der Waals surface area contributed by atoms with Crippen molar-refractivity contribution in [3.63, 3.8) is 0 Å². The molecule has 1 aliphatic rings. The zero-order chi connectivity index (χ0) is 10.7. The maximum absolute atomic E-state index is 11.9. The zero-order valence-electron chi connectivity index (χ0n) is 9.29. The third-order valence-corrected chi connectivity index (χ3v) is 2.82. The van der Waals surface area contributed by atoms with Crippen molar-refractivity contribution in [2.45, 2.75) is 33.2 Å². The Bertz CT molecular complexity index is 246. The van der Waals surface area contributed by atoms with E-state index in [1.165, 1.54) is 5.57 Å². The molecule has 2 N–H and O–H groups in total. The number of nitrogens with two attached hydrogens (primary N) is 1. The standard InChI is InChI=1S/C11H20N2O/c1-8-5-4-6-13(7-8)11(14)9(2)10(3)12/h5,9-10H,4,6-7,12H2,1-3H3. The van der Waals surface area contributed by atoms with E-state index >= 15 is 0 Å². The highest BCUT2D eigenvalue weighted by Crippen LogP contribution is 2.13. The van der Waals surface area contributed by atoms with Crippen LogP contribution in [0.25, 0.3) is 0 Å². The molecule has 1 heterocycles. The molecule has 3 heteroatoms. The molecular weight excluding hydrogens is 176 g/mol. The van der Waals surface area contributed by atoms with Crippen LogP contribution >= 0.6 is 0 Å². The molecule has 1 amide bonds. The molecule has 0 radical (unpaired) electrons. The minimum Gasteiger partial charge on any atom is -0.338 e. The Kier molecular flexibility index (Phi) is 3.69. The Hall–Kier alpha value is -0.830. The zero-order valence-corrected chi connectivity index (χ0v) is 9.29. The Morgan fingerprint density at radius 1 is 1.57 bits per heavy atom. The number of hydrogen-bond donors (Lipinski definition) is 1. The van der Waals surface area contributed by atoms with Crippen molar-refractivity contribution in [2.24, 2.45) is 11.7 Å². The first-order valence-electron chi connectivity index (χ1n) is 5.22. The Labute approximate surface area is 86.0 Å². The van der Waals surface area contributed by atoms with Crippen LogP contribution in [-0.2, 0) is 4.79 Å². The second-order valence-electron chi connectivity index (χ2n) is 4.25. The van der Waals surface area contributed by atoms with E-state index in [-0.39, 0.29) is 17.9 Å². The van der Waals surface area contributed by atoms with Gasteiger partial charge in [0.2, 0.25) is 5.91 Å². The maximum Gasteiger partial charge on any atom is 0.227 e. The Morgan fingerprint density at radius 3 is 2.71 bits per heavy atom. The van der Waals surface area contributed by atoms with Crippen molar-refractivity contribution in [1.29, 1.82) is 0 Å². The van der Waals surface area contributed by atoms with Gasteiger partial charge in [0, 0.05) is 19.1 Å². The summed E-state index contributed by atoms with van der Waals surface area (Å²) in [5.41, 5.74) is 7.00. The molecule has 0 spiro atoms. The fourth-order valence-corrected chi connectivity index (χ4v) is 1.61. The summed E-state index contributed by atoms with van der Waals surface area (Å²) in [4.78, 5) is 13.8. The first-order valence-corrected chi connectivity index (χ1v) is 5.22. The summed E-state index contributed by atoms with van der Waals surface area (Å²) >= 11 is 0. The topological polar surface area (TPSA) is 46.3 Å². The van der Waals surface area contributed by atoms with E-state index in [9.17, 15) is 4.79 Å². The van der Waals surface area contributed by atoms with E-state index in [4.69, 9.17) is 5.73 Å². The molecule has 1 rings (SSSR count). The lowest BCUT2D eigenvalue weighted by Gasteiger charge is -2.29. The summed E-state index contributed by atoms with van der Waals surface area (Å²) in [5.74, 6) is 0.119. The van der Waals surface area contributed by atoms with Crippen molar-refractivity contribution >= 4 is 5.91 Å². The van der Waals surface area contributed by atoms with Crippen LogP contribution in [0.3, 0.4) is 0 Å². The lowest BCUT2D eigenvalue weighted by atomic mass is 10.0. The number of hydrogen-bond acceptors (Lipinski definition) is 2. The van der Waals surface area contributed by atoms with Crippen molar-refractivity contribution < 1.29 is 4.79 Å². The quantitative estimate of drug-likeness (QED) is 0.673. The lowest BCUT2D eigenvalue weighted by molar-refractivity contribution is -0.135. The SMILES string of the molecule is CC1=CCCN(C(=O)C(C)C(C)N)C1. The molecule has 2 unspecified atom stereocenters. The molecular formula is C11H20N2O. The summed E-state index contributed by atoms with van der Waals surface area (Å²) in [6, 6.07) is -0.0614. The van der Waals surface area contributed by atoms with Gasteiger partial charge in [-0.1, -0.05) is 18.6 Å². The first-order chi connectivity index (χ1) is 6.52. The summed E-state index contributed by atoms with van der Waals surface area (Å²) in [6.45, 7) is 7.47. The predicted molar refractivity (Wildman–Crippen MR) is 57.8 cm³/mol. The average molecular weight is 196 g/mol. The number of carbonyl (C=O) groups excluding carboxylic acids is 1. The van der Waals surface area contributed by atoms with Crippen LogP contribution in [0.2, 0.25) is 0 Å². The smallest absolute Gasteiger partial charge is 0.227 e. The maximum atomic E-state index is 11.9. The van der Waals surface area contributed by atoms with Gasteiger partial charge in [-0.2, -0.15) is 0 Å². The van der Waals surface area contributed by atoms with Crippen molar-refractivity contribution in [1.82, 2.24) is 4.90 Å². The van der Waals surface area contributed by atoms with Crippen LogP contribution in [0.1, 0.15) is 27.2 Å². The summed E-state index contributed by atoms with van der Waals surface area (Å²) < 4.78 is 0. The van der Waals surface area contributed by atoms with Crippen molar-refractivity contribution in [2.75, 3.05) is 13.1 Å². The molecule has 0 saturated carbocycles. The molecule has 0 aromatic carbocycles. The second-order valence-corrected chi connectivity index (χ2v) is 4.25. The number of rotatable bonds is 2. The van der Waals surface area contributed by atoms with Gasteiger partial charge in [0.25, 0.3) is 0 Å². The highest BCUT2D eigenvalue weighted by atomic mass is 16.2. The molecule has 14 heavy (non-hydrogen) atoms. The van der Waals surface area contributed by atoms with E-state index < -0.39 is 0 Å². The molecule has 0 bridgehead atoms. The first kappa shape index (κ1) is 11.2. The molecule has 0 aromatic heterocycles. The van der Waals surface area contributed by atoms with Crippen LogP contribution < -0.4 is 5.73 Å². The van der Waals surface area contributed by atoms with E-state index in [0.29, 0.717) is 0 Å². The minimum absolute atomic E-state index is 0.0614. The van der Waals surface area contributed by atoms with Gasteiger partial charge in [0.15, 0.2) is 0 Å². The number of carbonyl (C=O) groups is 1. The van der Waals surface area contributed by atoms with Crippen LogP contribution in [0.4, 0.5) is 0 Å². The normalized spacial score (nSPS) is 21.4. The van der Waals surface area contributed by atoms with Crippen LogP contribution in [0.15, 0.2) is 11.6 Å². The van der Waals surface area contributed by atoms with Crippen LogP contribution in [-0.4, -0.2) is 29.9 Å². The number of nitrogens with zero attached hydrogens (tertiary/aromatic N) is 1. The molecule has 1 aliphatic heterocycles. The largest absolute Gasteiger partial charge is 0.338 e. The number of amides is 1. The van der Waals surface area contributed by atoms with Gasteiger partial charge in [-0.3, -0.25) is 4.79 Å². The van der Waals surface area contributed by atoms with Gasteiger partial charge >= 0.3 is 0 Å². The molecule has 0 aliphatic carbocycles. The molecule has 0 fully saturated rings. The second kappa shape index (κ2) is 4.60. The highest BCUT2D eigenvalue weighted by molar-refractivity contribution is 5.79. The monoisotopic (exact) mass is 196 g/mol. The van der Waals surface area contributed by atoms with Crippen molar-refractivity contribution in [3.05, 3.63) is 11.6 Å². The summed E-state index contributed by atoms with van der Waals surface area (Å²) in [6.07, 6.45) is 3.17. The molecule has 2 atom stereocenters. The van der Waals surface area contributed by atoms with Gasteiger partial charge in [0.1, 0.15) is 0 Å². The minimum atomic E-state index is -0.0686. The van der Waals surface area contributed by atoms with Gasteiger partial charge in [-0.05, 0) is 20.3 Å². The van der Waals surface area contributed by atoms with Crippen LogP contribution in [0.5, 0.6) is 0 Å². The molecule has 80 valence electrons. The predicted octanol–water partition coefficient (Wildman–Crippen LogP) is 1.15. The van der Waals surface area contributed by atoms with E-state index in [0.717, 1.165) is 19.5 Å². The fraction of sp³-hybridized carbons (Fsp3) is 0.727. The Balaban J connectivity index is 2.57. The molecule has 0 aromatic rings. The Morgan fingerprint density at radius 2 is 2.21 bits per heavy atom. The lowest BCUT2D eigenvalue weighted by Crippen LogP contribution is -2.43. The van der Waals surface area contributed by atoms with E-state index in [2.05, 4.69) is 13.0 Å². The third kappa shape index (κ3) is 2.58. The van der Waals surface area contributed by atoms with Gasteiger partial charge in [0.05, 0.1) is 5.92 Å². The third-order valence-electron chi connectivity index (χ3n) is 2.82. The molecule has 0 saturated heterocycles. The fourth-order valence-electron chi connectivity index (χ4n) is 1.61. The average Bonchev–Trinajstić information content (AvgIpc) is 2.15. The van der Waals surface area contributed by atoms with E-state index in [1.807, 2.05) is 18.7 Å². The van der Waals surface area contributed by atoms with Gasteiger partial charge in [-0.15, -0.1) is 0 Å². The van der Waals surface area contributed by atoms with Crippen LogP contribution in [0, 0.1) is 5.92 Å². The summed E-state index contributed by atoms with van der Waals surface area (Å²) in [7, 11) is 0. The van der Waals surface area contributed by atoms with Crippen molar-refractivity contribution in [3.8, 4) is 0 Å². The van der Waals surface area contributed by atoms with Gasteiger partial charge < -0.3 is 10.6 Å². The molecule has 3 nitrogen and oxygen atoms in total. The summed E-state index contributed by atoms with van der Waals surface area (Å²) in [5, 5.41) is 0. The van der Waals surface area contributed by atoms with E-state index in [1.54, 1.807) is 0 Å². The van der Waals surface area contributed by atoms with Gasteiger partial charge in [-0.25, -0.2) is 0 Å². The highest BCUT2D eigenvalue weighted by Gasteiger charge is 2.24.